The maximum atomic E-state index is 10.8. The van der Waals surface area contributed by atoms with Crippen LogP contribution in [0.15, 0.2) is 18.3 Å². The first-order valence-electron chi connectivity index (χ1n) is 10.6. The van der Waals surface area contributed by atoms with Crippen LogP contribution in [-0.2, 0) is 7.05 Å². The number of pyridine rings is 1. The molecule has 0 amide bonds. The smallest absolute Gasteiger partial charge is 0.163 e. The number of fused-ring (bicyclic) bond motifs is 2. The molecule has 30 heavy (non-hydrogen) atoms. The molecule has 1 N–H and O–H groups in total. The number of aromatic nitrogens is 5. The van der Waals surface area contributed by atoms with E-state index in [1.165, 1.54) is 0 Å². The molecular formula is C22H28N6O2. The van der Waals surface area contributed by atoms with Gasteiger partial charge in [0, 0.05) is 25.8 Å². The zero-order valence-corrected chi connectivity index (χ0v) is 17.9. The summed E-state index contributed by atoms with van der Waals surface area (Å²) in [6.07, 6.45) is 2.73. The molecule has 4 atom stereocenters. The van der Waals surface area contributed by atoms with Crippen molar-refractivity contribution in [3.8, 4) is 5.75 Å². The molecule has 0 unspecified atom stereocenters. The van der Waals surface area contributed by atoms with Gasteiger partial charge in [-0.25, -0.2) is 9.97 Å². The van der Waals surface area contributed by atoms with Gasteiger partial charge in [0.25, 0.3) is 0 Å². The number of aryl methyl sites for hydroxylation is 4. The van der Waals surface area contributed by atoms with E-state index in [0.717, 1.165) is 65.7 Å². The summed E-state index contributed by atoms with van der Waals surface area (Å²) in [6.45, 7) is 7.64. The van der Waals surface area contributed by atoms with Gasteiger partial charge < -0.3 is 14.7 Å². The molecule has 3 aromatic rings. The van der Waals surface area contributed by atoms with Crippen LogP contribution in [0, 0.1) is 32.6 Å². The van der Waals surface area contributed by atoms with Crippen LogP contribution in [0.4, 0.5) is 5.82 Å². The first-order chi connectivity index (χ1) is 14.4. The number of aliphatic hydroxyl groups excluding tert-OH is 1. The molecule has 1 saturated heterocycles. The Kier molecular flexibility index (Phi) is 4.61. The molecule has 0 bridgehead atoms. The van der Waals surface area contributed by atoms with E-state index >= 15 is 0 Å². The van der Waals surface area contributed by atoms with E-state index in [1.54, 1.807) is 4.68 Å². The van der Waals surface area contributed by atoms with E-state index in [2.05, 4.69) is 20.0 Å². The van der Waals surface area contributed by atoms with E-state index < -0.39 is 6.10 Å². The highest BCUT2D eigenvalue weighted by atomic mass is 16.5. The number of anilines is 1. The van der Waals surface area contributed by atoms with Crippen molar-refractivity contribution in [1.29, 1.82) is 0 Å². The van der Waals surface area contributed by atoms with Crippen LogP contribution >= 0.6 is 0 Å². The van der Waals surface area contributed by atoms with Crippen molar-refractivity contribution in [3.05, 3.63) is 35.5 Å². The fourth-order valence-electron chi connectivity index (χ4n) is 5.01. The van der Waals surface area contributed by atoms with Crippen LogP contribution < -0.4 is 9.64 Å². The maximum Gasteiger partial charge on any atom is 0.163 e. The Morgan fingerprint density at radius 3 is 2.57 bits per heavy atom. The molecule has 0 spiro atoms. The first-order valence-corrected chi connectivity index (χ1v) is 10.6. The summed E-state index contributed by atoms with van der Waals surface area (Å²) < 4.78 is 8.02. The lowest BCUT2D eigenvalue weighted by molar-refractivity contribution is -0.0236. The topological polar surface area (TPSA) is 89.2 Å². The first kappa shape index (κ1) is 19.2. The van der Waals surface area contributed by atoms with Gasteiger partial charge in [0.15, 0.2) is 5.65 Å². The molecule has 0 radical (unpaired) electrons. The van der Waals surface area contributed by atoms with Crippen molar-refractivity contribution >= 4 is 16.9 Å². The van der Waals surface area contributed by atoms with Crippen molar-refractivity contribution in [3.63, 3.8) is 0 Å². The Labute approximate surface area is 175 Å². The lowest BCUT2D eigenvalue weighted by Gasteiger charge is -2.35. The Morgan fingerprint density at radius 2 is 1.80 bits per heavy atom. The van der Waals surface area contributed by atoms with Crippen molar-refractivity contribution in [2.75, 3.05) is 18.0 Å². The van der Waals surface area contributed by atoms with Crippen molar-refractivity contribution in [2.24, 2.45) is 18.9 Å². The summed E-state index contributed by atoms with van der Waals surface area (Å²) >= 11 is 0. The van der Waals surface area contributed by atoms with Crippen LogP contribution in [0.2, 0.25) is 0 Å². The van der Waals surface area contributed by atoms with Crippen molar-refractivity contribution in [2.45, 2.75) is 45.8 Å². The Balaban J connectivity index is 1.36. The van der Waals surface area contributed by atoms with Crippen LogP contribution in [-0.4, -0.2) is 55.1 Å². The van der Waals surface area contributed by atoms with Crippen molar-refractivity contribution < 1.29 is 9.84 Å². The lowest BCUT2D eigenvalue weighted by Crippen LogP contribution is -2.42. The maximum absolute atomic E-state index is 10.8. The minimum absolute atomic E-state index is 0.208. The molecule has 2 fully saturated rings. The van der Waals surface area contributed by atoms with Gasteiger partial charge in [-0.2, -0.15) is 5.10 Å². The number of nitrogens with zero attached hydrogens (tertiary/aromatic N) is 6. The molecule has 5 rings (SSSR count). The second-order valence-corrected chi connectivity index (χ2v) is 8.76. The Morgan fingerprint density at radius 1 is 1.03 bits per heavy atom. The molecule has 2 aliphatic rings. The highest BCUT2D eigenvalue weighted by molar-refractivity contribution is 5.87. The second-order valence-electron chi connectivity index (χ2n) is 8.76. The molecule has 0 aromatic carbocycles. The molecule has 8 nitrogen and oxygen atoms in total. The summed E-state index contributed by atoms with van der Waals surface area (Å²) in [7, 11) is 1.91. The van der Waals surface area contributed by atoms with Crippen LogP contribution in [0.3, 0.4) is 0 Å². The SMILES string of the molecule is Cc1ccc(O[C@@H]2C[C@@H]3CN(c4nc(C)nc5c4cnn5C)C[C@@H]3C[C@H]2O)c(C)n1. The fraction of sp³-hybridized carbons (Fsp3) is 0.545. The van der Waals surface area contributed by atoms with E-state index in [0.29, 0.717) is 11.8 Å². The monoisotopic (exact) mass is 408 g/mol. The quantitative estimate of drug-likeness (QED) is 0.711. The van der Waals surface area contributed by atoms with E-state index in [-0.39, 0.29) is 6.10 Å². The zero-order chi connectivity index (χ0) is 21.0. The number of hydrogen-bond donors (Lipinski definition) is 1. The molecule has 1 saturated carbocycles. The van der Waals surface area contributed by atoms with E-state index in [4.69, 9.17) is 9.72 Å². The van der Waals surface area contributed by atoms with Gasteiger partial charge in [-0.3, -0.25) is 9.67 Å². The third-order valence-electron chi connectivity index (χ3n) is 6.52. The van der Waals surface area contributed by atoms with Gasteiger partial charge in [0.2, 0.25) is 0 Å². The second kappa shape index (κ2) is 7.19. The Hall–Kier alpha value is -2.74. The molecule has 4 heterocycles. The van der Waals surface area contributed by atoms with Gasteiger partial charge >= 0.3 is 0 Å². The number of rotatable bonds is 3. The molecule has 1 aliphatic carbocycles. The minimum atomic E-state index is -0.475. The number of ether oxygens (including phenoxy) is 1. The van der Waals surface area contributed by atoms with E-state index in [9.17, 15) is 5.11 Å². The standard InChI is InChI=1S/C22H28N6O2/c1-12-5-6-19(13(2)24-12)30-20-8-16-11-28(10-15(16)7-18(20)29)22-17-9-23-27(4)21(17)25-14(3)26-22/h5-6,9,15-16,18,20,29H,7-8,10-11H2,1-4H3/t15-,16+,18+,20+/m0/s1. The van der Waals surface area contributed by atoms with Gasteiger partial charge in [-0.15, -0.1) is 0 Å². The van der Waals surface area contributed by atoms with Crippen LogP contribution in [0.25, 0.3) is 11.0 Å². The minimum Gasteiger partial charge on any atom is -0.486 e. The van der Waals surface area contributed by atoms with Crippen molar-refractivity contribution in [1.82, 2.24) is 24.7 Å². The summed E-state index contributed by atoms with van der Waals surface area (Å²) in [6, 6.07) is 3.91. The highest BCUT2D eigenvalue weighted by Gasteiger charge is 2.43. The predicted octanol–water partition coefficient (Wildman–Crippen LogP) is 2.34. The number of hydrogen-bond acceptors (Lipinski definition) is 7. The third-order valence-corrected chi connectivity index (χ3v) is 6.52. The summed E-state index contributed by atoms with van der Waals surface area (Å²) in [4.78, 5) is 16.1. The zero-order valence-electron chi connectivity index (χ0n) is 17.9. The average molecular weight is 409 g/mol. The summed E-state index contributed by atoms with van der Waals surface area (Å²) in [5.41, 5.74) is 2.70. The van der Waals surface area contributed by atoms with Gasteiger partial charge in [0.1, 0.15) is 23.5 Å². The summed E-state index contributed by atoms with van der Waals surface area (Å²) in [5, 5.41) is 16.1. The normalized spacial score (nSPS) is 26.2. The average Bonchev–Trinajstić information content (AvgIpc) is 3.27. The Bertz CT molecular complexity index is 1100. The van der Waals surface area contributed by atoms with Crippen LogP contribution in [0.5, 0.6) is 5.75 Å². The molecule has 8 heteroatoms. The molecule has 158 valence electrons. The number of aliphatic hydroxyl groups is 1. The van der Waals surface area contributed by atoms with Crippen LogP contribution in [0.1, 0.15) is 30.1 Å². The lowest BCUT2D eigenvalue weighted by atomic mass is 9.78. The van der Waals surface area contributed by atoms with Gasteiger partial charge in [0.05, 0.1) is 23.4 Å². The van der Waals surface area contributed by atoms with E-state index in [1.807, 2.05) is 46.1 Å². The fourth-order valence-corrected chi connectivity index (χ4v) is 5.01. The molecule has 1 aliphatic heterocycles. The largest absolute Gasteiger partial charge is 0.486 e. The third kappa shape index (κ3) is 3.29. The molecular weight excluding hydrogens is 380 g/mol. The summed E-state index contributed by atoms with van der Waals surface area (Å²) in [5.74, 6) is 3.35. The predicted molar refractivity (Wildman–Crippen MR) is 114 cm³/mol. The highest BCUT2D eigenvalue weighted by Crippen LogP contribution is 2.40. The van der Waals surface area contributed by atoms with Gasteiger partial charge in [-0.1, -0.05) is 0 Å². The van der Waals surface area contributed by atoms with Gasteiger partial charge in [-0.05, 0) is 57.6 Å². The molecule has 3 aromatic heterocycles.